The summed E-state index contributed by atoms with van der Waals surface area (Å²) in [6, 6.07) is 14.1. The van der Waals surface area contributed by atoms with E-state index in [4.69, 9.17) is 4.74 Å². The van der Waals surface area contributed by atoms with E-state index in [0.29, 0.717) is 23.0 Å². The van der Waals surface area contributed by atoms with Crippen molar-refractivity contribution in [1.29, 1.82) is 0 Å². The Hall–Kier alpha value is -3.02. The highest BCUT2D eigenvalue weighted by Crippen LogP contribution is 2.17. The first-order valence-corrected chi connectivity index (χ1v) is 8.06. The Morgan fingerprint density at radius 1 is 0.920 bits per heavy atom. The second kappa shape index (κ2) is 8.73. The molecular weight excluding hydrogens is 318 g/mol. The van der Waals surface area contributed by atoms with Gasteiger partial charge in [0.2, 0.25) is 5.91 Å². The summed E-state index contributed by atoms with van der Waals surface area (Å²) in [7, 11) is 1.58. The van der Waals surface area contributed by atoms with E-state index in [-0.39, 0.29) is 12.5 Å². The lowest BCUT2D eigenvalue weighted by Crippen LogP contribution is -2.35. The summed E-state index contributed by atoms with van der Waals surface area (Å²) in [5.41, 5.74) is 2.51. The summed E-state index contributed by atoms with van der Waals surface area (Å²) < 4.78 is 5.05. The largest absolute Gasteiger partial charge is 0.497 e. The van der Waals surface area contributed by atoms with Crippen LogP contribution in [0.4, 0.5) is 16.2 Å². The van der Waals surface area contributed by atoms with E-state index >= 15 is 0 Å². The van der Waals surface area contributed by atoms with Crippen LogP contribution in [0, 0.1) is 0 Å². The van der Waals surface area contributed by atoms with Gasteiger partial charge in [-0.15, -0.1) is 0 Å². The van der Waals surface area contributed by atoms with Crippen LogP contribution >= 0.6 is 0 Å². The molecule has 0 atom stereocenters. The molecule has 0 spiro atoms. The van der Waals surface area contributed by atoms with Gasteiger partial charge in [-0.1, -0.05) is 26.0 Å². The lowest BCUT2D eigenvalue weighted by atomic mass is 10.0. The maximum absolute atomic E-state index is 11.9. The molecule has 0 bridgehead atoms. The highest BCUT2D eigenvalue weighted by Gasteiger charge is 2.07. The third kappa shape index (κ3) is 5.84. The quantitative estimate of drug-likeness (QED) is 0.751. The van der Waals surface area contributed by atoms with Crippen LogP contribution in [0.25, 0.3) is 0 Å². The molecule has 0 radical (unpaired) electrons. The number of hydrogen-bond acceptors (Lipinski definition) is 3. The summed E-state index contributed by atoms with van der Waals surface area (Å²) in [6.45, 7) is 4.09. The number of carbonyl (C=O) groups is 2. The molecule has 3 N–H and O–H groups in total. The number of rotatable bonds is 6. The fraction of sp³-hybridized carbons (Fsp3) is 0.263. The zero-order chi connectivity index (χ0) is 18.2. The molecule has 0 unspecified atom stereocenters. The van der Waals surface area contributed by atoms with Crippen LogP contribution in [-0.4, -0.2) is 25.6 Å². The number of urea groups is 1. The number of ether oxygens (including phenoxy) is 1. The minimum atomic E-state index is -0.429. The van der Waals surface area contributed by atoms with Crippen molar-refractivity contribution in [2.75, 3.05) is 24.3 Å². The average Bonchev–Trinajstić information content (AvgIpc) is 2.61. The van der Waals surface area contributed by atoms with Gasteiger partial charge in [-0.3, -0.25) is 4.79 Å². The molecule has 2 rings (SSSR count). The number of amides is 3. The van der Waals surface area contributed by atoms with E-state index < -0.39 is 6.03 Å². The molecule has 25 heavy (non-hydrogen) atoms. The van der Waals surface area contributed by atoms with Gasteiger partial charge in [-0.05, 0) is 47.9 Å². The van der Waals surface area contributed by atoms with Crippen molar-refractivity contribution in [2.24, 2.45) is 0 Å². The molecule has 0 aliphatic carbocycles. The Balaban J connectivity index is 1.77. The molecule has 6 nitrogen and oxygen atoms in total. The van der Waals surface area contributed by atoms with Crippen molar-refractivity contribution in [2.45, 2.75) is 19.8 Å². The van der Waals surface area contributed by atoms with Gasteiger partial charge >= 0.3 is 6.03 Å². The first-order chi connectivity index (χ1) is 12.0. The molecule has 0 heterocycles. The lowest BCUT2D eigenvalue weighted by molar-refractivity contribution is -0.115. The van der Waals surface area contributed by atoms with E-state index in [9.17, 15) is 9.59 Å². The van der Waals surface area contributed by atoms with Crippen molar-refractivity contribution >= 4 is 23.3 Å². The van der Waals surface area contributed by atoms with Gasteiger partial charge in [-0.2, -0.15) is 0 Å². The van der Waals surface area contributed by atoms with Crippen molar-refractivity contribution in [3.05, 3.63) is 54.1 Å². The van der Waals surface area contributed by atoms with Crippen molar-refractivity contribution < 1.29 is 14.3 Å². The number of benzene rings is 2. The Bertz CT molecular complexity index is 710. The minimum Gasteiger partial charge on any atom is -0.497 e. The third-order valence-electron chi connectivity index (χ3n) is 3.62. The van der Waals surface area contributed by atoms with Gasteiger partial charge in [0.05, 0.1) is 13.7 Å². The standard InChI is InChI=1S/C19H23N3O3/c1-13(2)14-4-6-16(7-5-14)22-19(24)20-12-18(23)21-15-8-10-17(25-3)11-9-15/h4-11,13H,12H2,1-3H3,(H,21,23)(H2,20,22,24). The average molecular weight is 341 g/mol. The fourth-order valence-corrected chi connectivity index (χ4v) is 2.17. The first kappa shape index (κ1) is 18.3. The number of anilines is 2. The molecule has 0 aliphatic rings. The smallest absolute Gasteiger partial charge is 0.319 e. The van der Waals surface area contributed by atoms with Crippen molar-refractivity contribution in [3.8, 4) is 5.75 Å². The van der Waals surface area contributed by atoms with Gasteiger partial charge in [0.25, 0.3) is 0 Å². The Morgan fingerprint density at radius 2 is 1.48 bits per heavy atom. The predicted molar refractivity (Wildman–Crippen MR) is 99.2 cm³/mol. The van der Waals surface area contributed by atoms with Crippen LogP contribution in [0.1, 0.15) is 25.3 Å². The molecule has 6 heteroatoms. The first-order valence-electron chi connectivity index (χ1n) is 8.06. The SMILES string of the molecule is COc1ccc(NC(=O)CNC(=O)Nc2ccc(C(C)C)cc2)cc1. The zero-order valence-electron chi connectivity index (χ0n) is 14.6. The predicted octanol–water partition coefficient (Wildman–Crippen LogP) is 3.58. The van der Waals surface area contributed by atoms with Gasteiger partial charge in [-0.25, -0.2) is 4.79 Å². The lowest BCUT2D eigenvalue weighted by Gasteiger charge is -2.10. The second-order valence-corrected chi connectivity index (χ2v) is 5.86. The highest BCUT2D eigenvalue weighted by atomic mass is 16.5. The molecular formula is C19H23N3O3. The molecule has 0 fully saturated rings. The van der Waals surface area contributed by atoms with Crippen LogP contribution in [0.3, 0.4) is 0 Å². The van der Waals surface area contributed by atoms with Crippen molar-refractivity contribution in [1.82, 2.24) is 5.32 Å². The van der Waals surface area contributed by atoms with Gasteiger partial charge in [0, 0.05) is 11.4 Å². The summed E-state index contributed by atoms with van der Waals surface area (Å²) in [6.07, 6.45) is 0. The molecule has 2 aromatic rings. The van der Waals surface area contributed by atoms with Gasteiger partial charge < -0.3 is 20.7 Å². The van der Waals surface area contributed by atoms with Crippen LogP contribution < -0.4 is 20.7 Å². The van der Waals surface area contributed by atoms with E-state index in [1.54, 1.807) is 31.4 Å². The Labute approximate surface area is 147 Å². The summed E-state index contributed by atoms with van der Waals surface area (Å²) >= 11 is 0. The van der Waals surface area contributed by atoms with E-state index in [1.165, 1.54) is 5.56 Å². The third-order valence-corrected chi connectivity index (χ3v) is 3.62. The van der Waals surface area contributed by atoms with Gasteiger partial charge in [0.15, 0.2) is 0 Å². The highest BCUT2D eigenvalue weighted by molar-refractivity contribution is 5.96. The molecule has 2 aromatic carbocycles. The minimum absolute atomic E-state index is 0.123. The summed E-state index contributed by atoms with van der Waals surface area (Å²) in [4.78, 5) is 23.7. The van der Waals surface area contributed by atoms with Crippen LogP contribution in [0.5, 0.6) is 5.75 Å². The molecule has 0 aliphatic heterocycles. The maximum Gasteiger partial charge on any atom is 0.319 e. The monoisotopic (exact) mass is 341 g/mol. The van der Waals surface area contributed by atoms with Crippen LogP contribution in [-0.2, 0) is 4.79 Å². The number of nitrogens with one attached hydrogen (secondary N) is 3. The zero-order valence-corrected chi connectivity index (χ0v) is 14.6. The van der Waals surface area contributed by atoms with Gasteiger partial charge in [0.1, 0.15) is 5.75 Å². The molecule has 3 amide bonds. The molecule has 0 aromatic heterocycles. The molecule has 132 valence electrons. The fourth-order valence-electron chi connectivity index (χ4n) is 2.17. The van der Waals surface area contributed by atoms with Crippen LogP contribution in [0.15, 0.2) is 48.5 Å². The van der Waals surface area contributed by atoms with E-state index in [1.807, 2.05) is 24.3 Å². The van der Waals surface area contributed by atoms with Crippen LogP contribution in [0.2, 0.25) is 0 Å². The van der Waals surface area contributed by atoms with E-state index in [2.05, 4.69) is 29.8 Å². The maximum atomic E-state index is 11.9. The molecule has 0 saturated carbocycles. The van der Waals surface area contributed by atoms with E-state index in [0.717, 1.165) is 0 Å². The Morgan fingerprint density at radius 3 is 2.04 bits per heavy atom. The topological polar surface area (TPSA) is 79.5 Å². The molecule has 0 saturated heterocycles. The normalized spacial score (nSPS) is 10.2. The summed E-state index contributed by atoms with van der Waals surface area (Å²) in [5, 5.41) is 7.92. The second-order valence-electron chi connectivity index (χ2n) is 5.86. The number of hydrogen-bond donors (Lipinski definition) is 3. The number of carbonyl (C=O) groups excluding carboxylic acids is 2. The number of methoxy groups -OCH3 is 1. The summed E-state index contributed by atoms with van der Waals surface area (Å²) in [5.74, 6) is 0.832. The van der Waals surface area contributed by atoms with Crippen molar-refractivity contribution in [3.63, 3.8) is 0 Å². The Kier molecular flexibility index (Phi) is 6.39.